The van der Waals surface area contributed by atoms with Crippen molar-refractivity contribution < 1.29 is 0 Å². The molecule has 1 aliphatic rings. The first-order valence-corrected chi connectivity index (χ1v) is 4.04. The van der Waals surface area contributed by atoms with Crippen LogP contribution in [-0.4, -0.2) is 0 Å². The van der Waals surface area contributed by atoms with Crippen LogP contribution >= 0.6 is 0 Å². The van der Waals surface area contributed by atoms with Gasteiger partial charge in [-0.25, -0.2) is 0 Å². The lowest BCUT2D eigenvalue weighted by Crippen LogP contribution is -1.95. The van der Waals surface area contributed by atoms with E-state index in [-0.39, 0.29) is 0 Å². The first-order chi connectivity index (χ1) is 4.39. The van der Waals surface area contributed by atoms with Gasteiger partial charge in [-0.05, 0) is 31.6 Å². The van der Waals surface area contributed by atoms with E-state index in [4.69, 9.17) is 0 Å². The molecule has 0 aromatic carbocycles. The lowest BCUT2D eigenvalue weighted by atomic mass is 9.96. The summed E-state index contributed by atoms with van der Waals surface area (Å²) in [6.45, 7) is 2.36. The zero-order valence-corrected chi connectivity index (χ0v) is 6.27. The van der Waals surface area contributed by atoms with E-state index in [9.17, 15) is 0 Å². The fourth-order valence-corrected chi connectivity index (χ4v) is 1.34. The Bertz CT molecular complexity index is 92.2. The highest BCUT2D eigenvalue weighted by atomic mass is 14.1. The monoisotopic (exact) mass is 124 g/mol. The molecule has 0 heterocycles. The van der Waals surface area contributed by atoms with Gasteiger partial charge >= 0.3 is 0 Å². The second kappa shape index (κ2) is 3.71. The van der Waals surface area contributed by atoms with E-state index in [1.54, 1.807) is 0 Å². The molecule has 0 spiro atoms. The first-order valence-electron chi connectivity index (χ1n) is 4.04. The van der Waals surface area contributed by atoms with Crippen LogP contribution < -0.4 is 0 Å². The molecule has 0 saturated carbocycles. The lowest BCUT2D eigenvalue weighted by Gasteiger charge is -2.10. The van der Waals surface area contributed by atoms with Gasteiger partial charge < -0.3 is 0 Å². The highest BCUT2D eigenvalue weighted by molar-refractivity contribution is 4.84. The summed E-state index contributed by atoms with van der Waals surface area (Å²) in [6, 6.07) is 0. The molecule has 0 heteroatoms. The van der Waals surface area contributed by atoms with Crippen LogP contribution in [-0.2, 0) is 0 Å². The Hall–Kier alpha value is -0.260. The molecule has 52 valence electrons. The van der Waals surface area contributed by atoms with Crippen LogP contribution in [0.5, 0.6) is 0 Å². The van der Waals surface area contributed by atoms with Crippen LogP contribution in [0.15, 0.2) is 12.2 Å². The Labute approximate surface area is 58.0 Å². The van der Waals surface area contributed by atoms with Gasteiger partial charge in [-0.15, -0.1) is 0 Å². The van der Waals surface area contributed by atoms with Gasteiger partial charge in [0.15, 0.2) is 0 Å². The van der Waals surface area contributed by atoms with Crippen LogP contribution in [0.25, 0.3) is 0 Å². The third-order valence-electron chi connectivity index (χ3n) is 2.06. The molecular formula is C9H16. The molecule has 0 bridgehead atoms. The van der Waals surface area contributed by atoms with Crippen molar-refractivity contribution >= 4 is 0 Å². The van der Waals surface area contributed by atoms with Gasteiger partial charge in [-0.2, -0.15) is 0 Å². The number of rotatable bonds is 0. The van der Waals surface area contributed by atoms with Crippen LogP contribution in [0.4, 0.5) is 0 Å². The van der Waals surface area contributed by atoms with Crippen molar-refractivity contribution in [3.63, 3.8) is 0 Å². The molecule has 0 fully saturated rings. The Morgan fingerprint density at radius 2 is 1.89 bits per heavy atom. The zero-order valence-electron chi connectivity index (χ0n) is 6.27. The largest absolute Gasteiger partial charge is 0.0885 e. The molecule has 0 N–H and O–H groups in total. The summed E-state index contributed by atoms with van der Waals surface area (Å²) in [5.41, 5.74) is 0. The quantitative estimate of drug-likeness (QED) is 0.435. The normalized spacial score (nSPS) is 32.8. The highest BCUT2D eigenvalue weighted by Gasteiger charge is 2.01. The zero-order chi connectivity index (χ0) is 6.53. The van der Waals surface area contributed by atoms with Crippen molar-refractivity contribution in [3.8, 4) is 0 Å². The van der Waals surface area contributed by atoms with Crippen LogP contribution in [0.2, 0.25) is 0 Å². The van der Waals surface area contributed by atoms with Crippen LogP contribution in [0.1, 0.15) is 39.0 Å². The molecule has 0 aromatic rings. The van der Waals surface area contributed by atoms with Crippen molar-refractivity contribution in [3.05, 3.63) is 12.2 Å². The van der Waals surface area contributed by atoms with E-state index in [1.165, 1.54) is 32.1 Å². The summed E-state index contributed by atoms with van der Waals surface area (Å²) in [5, 5.41) is 0. The predicted octanol–water partition coefficient (Wildman–Crippen LogP) is 3.14. The standard InChI is InChI=1S/C9H16/c1-9-7-5-3-2-4-6-8-9/h2-3,9H,4-8H2,1H3/b3-2-. The smallest absolute Gasteiger partial charge is 0.0348 e. The van der Waals surface area contributed by atoms with Gasteiger partial charge in [0.05, 0.1) is 0 Å². The molecule has 1 atom stereocenters. The molecule has 1 unspecified atom stereocenters. The summed E-state index contributed by atoms with van der Waals surface area (Å²) in [7, 11) is 0. The van der Waals surface area contributed by atoms with E-state index in [0.717, 1.165) is 5.92 Å². The minimum Gasteiger partial charge on any atom is -0.0885 e. The van der Waals surface area contributed by atoms with Gasteiger partial charge in [0.25, 0.3) is 0 Å². The van der Waals surface area contributed by atoms with Gasteiger partial charge in [-0.1, -0.05) is 25.5 Å². The molecule has 0 nitrogen and oxygen atoms in total. The topological polar surface area (TPSA) is 0 Å². The summed E-state index contributed by atoms with van der Waals surface area (Å²) < 4.78 is 0. The summed E-state index contributed by atoms with van der Waals surface area (Å²) >= 11 is 0. The fourth-order valence-electron chi connectivity index (χ4n) is 1.34. The Kier molecular flexibility index (Phi) is 2.82. The first kappa shape index (κ1) is 6.85. The van der Waals surface area contributed by atoms with Gasteiger partial charge in [0.1, 0.15) is 0 Å². The summed E-state index contributed by atoms with van der Waals surface area (Å²) in [4.78, 5) is 0. The van der Waals surface area contributed by atoms with E-state index in [1.807, 2.05) is 0 Å². The predicted molar refractivity (Wildman–Crippen MR) is 41.4 cm³/mol. The molecule has 0 aromatic heterocycles. The minimum atomic E-state index is 0.968. The van der Waals surface area contributed by atoms with Crippen LogP contribution in [0, 0.1) is 5.92 Å². The highest BCUT2D eigenvalue weighted by Crippen LogP contribution is 2.16. The second-order valence-corrected chi connectivity index (χ2v) is 3.08. The maximum Gasteiger partial charge on any atom is -0.0348 e. The molecule has 1 rings (SSSR count). The van der Waals surface area contributed by atoms with Crippen molar-refractivity contribution in [2.75, 3.05) is 0 Å². The number of hydrogen-bond donors (Lipinski definition) is 0. The van der Waals surface area contributed by atoms with Gasteiger partial charge in [-0.3, -0.25) is 0 Å². The van der Waals surface area contributed by atoms with Gasteiger partial charge in [0.2, 0.25) is 0 Å². The average molecular weight is 124 g/mol. The molecule has 9 heavy (non-hydrogen) atoms. The van der Waals surface area contributed by atoms with Crippen LogP contribution in [0.3, 0.4) is 0 Å². The third-order valence-corrected chi connectivity index (χ3v) is 2.06. The molecular weight excluding hydrogens is 108 g/mol. The average Bonchev–Trinajstić information content (AvgIpc) is 1.79. The minimum absolute atomic E-state index is 0.968. The van der Waals surface area contributed by atoms with Crippen molar-refractivity contribution in [1.29, 1.82) is 0 Å². The lowest BCUT2D eigenvalue weighted by molar-refractivity contribution is 0.474. The Morgan fingerprint density at radius 3 is 2.78 bits per heavy atom. The van der Waals surface area contributed by atoms with E-state index < -0.39 is 0 Å². The second-order valence-electron chi connectivity index (χ2n) is 3.08. The number of hydrogen-bond acceptors (Lipinski definition) is 0. The molecule has 0 saturated heterocycles. The van der Waals surface area contributed by atoms with E-state index in [2.05, 4.69) is 19.1 Å². The van der Waals surface area contributed by atoms with Crippen molar-refractivity contribution in [2.24, 2.45) is 5.92 Å². The Balaban J connectivity index is 2.27. The molecule has 0 amide bonds. The molecule has 1 aliphatic carbocycles. The Morgan fingerprint density at radius 1 is 1.11 bits per heavy atom. The van der Waals surface area contributed by atoms with E-state index >= 15 is 0 Å². The van der Waals surface area contributed by atoms with Crippen molar-refractivity contribution in [2.45, 2.75) is 39.0 Å². The fraction of sp³-hybridized carbons (Fsp3) is 0.778. The van der Waals surface area contributed by atoms with E-state index in [0.29, 0.717) is 0 Å². The third kappa shape index (κ3) is 2.69. The van der Waals surface area contributed by atoms with Crippen molar-refractivity contribution in [1.82, 2.24) is 0 Å². The summed E-state index contributed by atoms with van der Waals surface area (Å²) in [6.07, 6.45) is 11.5. The number of allylic oxidation sites excluding steroid dienone is 2. The maximum atomic E-state index is 2.36. The maximum absolute atomic E-state index is 2.36. The SMILES string of the molecule is CC1CC/C=C\CCC1. The molecule has 0 radical (unpaired) electrons. The molecule has 0 aliphatic heterocycles. The summed E-state index contributed by atoms with van der Waals surface area (Å²) in [5.74, 6) is 0.968. The van der Waals surface area contributed by atoms with Gasteiger partial charge in [0, 0.05) is 0 Å².